The molecule has 0 radical (unpaired) electrons. The molecule has 2 heteroatoms. The lowest BCUT2D eigenvalue weighted by Crippen LogP contribution is -2.19. The first-order chi connectivity index (χ1) is 15.2. The average Bonchev–Trinajstić information content (AvgIpc) is 2.78. The van der Waals surface area contributed by atoms with Gasteiger partial charge in [-0.05, 0) is 60.6 Å². The van der Waals surface area contributed by atoms with E-state index in [2.05, 4.69) is 116 Å². The van der Waals surface area contributed by atoms with Gasteiger partial charge in [0.2, 0.25) is 0 Å². The van der Waals surface area contributed by atoms with Gasteiger partial charge in [0.15, 0.2) is 0 Å². The standard InChI is InChI=1S/C29H32NP/c1-4-12-24-17-10-18-25(21-24)13-8-9-14-26-19-11-20-28(22-26)29(31(2)3)30-23-27-15-6-5-7-16-27/h4-7,10-11,15-22,29-30H,1,9,12,14,23H2,2-3H3. The summed E-state index contributed by atoms with van der Waals surface area (Å²) in [5.74, 6) is 7.06. The molecule has 3 aromatic rings. The van der Waals surface area contributed by atoms with E-state index in [1.165, 1.54) is 22.3 Å². The maximum absolute atomic E-state index is 3.81. The van der Waals surface area contributed by atoms with Crippen LogP contribution in [0.25, 0.3) is 0 Å². The summed E-state index contributed by atoms with van der Waals surface area (Å²) in [6.07, 6.45) is 4.66. The maximum atomic E-state index is 3.81. The van der Waals surface area contributed by atoms with Crippen molar-refractivity contribution in [2.75, 3.05) is 13.3 Å². The van der Waals surface area contributed by atoms with Gasteiger partial charge in [-0.25, -0.2) is 0 Å². The molecule has 1 N–H and O–H groups in total. The molecule has 1 atom stereocenters. The van der Waals surface area contributed by atoms with Gasteiger partial charge in [-0.2, -0.15) is 0 Å². The number of allylic oxidation sites excluding steroid dienone is 1. The van der Waals surface area contributed by atoms with Gasteiger partial charge in [-0.15, -0.1) is 6.58 Å². The first kappa shape index (κ1) is 23.0. The molecule has 3 aromatic carbocycles. The SMILES string of the molecule is C=CCc1cccc(C#CCCc2cccc(C(NCc3ccccc3)P(C)C)c2)c1. The van der Waals surface area contributed by atoms with Crippen LogP contribution in [0.15, 0.2) is 91.5 Å². The van der Waals surface area contributed by atoms with E-state index in [-0.39, 0.29) is 7.92 Å². The minimum atomic E-state index is -0.148. The van der Waals surface area contributed by atoms with Crippen molar-refractivity contribution in [2.45, 2.75) is 31.6 Å². The first-order valence-corrected chi connectivity index (χ1v) is 13.2. The minimum absolute atomic E-state index is 0.148. The van der Waals surface area contributed by atoms with Crippen molar-refractivity contribution >= 4 is 7.92 Å². The Balaban J connectivity index is 1.61. The predicted octanol–water partition coefficient (Wildman–Crippen LogP) is 6.93. The van der Waals surface area contributed by atoms with Crippen LogP contribution in [0.4, 0.5) is 0 Å². The molecule has 0 aromatic heterocycles. The third-order valence-electron chi connectivity index (χ3n) is 5.20. The molecule has 0 fully saturated rings. The summed E-state index contributed by atoms with van der Waals surface area (Å²) in [5.41, 5.74) is 6.41. The molecule has 1 unspecified atom stereocenters. The third kappa shape index (κ3) is 7.52. The second-order valence-electron chi connectivity index (χ2n) is 7.97. The van der Waals surface area contributed by atoms with Crippen LogP contribution in [0.1, 0.15) is 40.0 Å². The van der Waals surface area contributed by atoms with Gasteiger partial charge in [0, 0.05) is 18.5 Å². The van der Waals surface area contributed by atoms with Crippen molar-refractivity contribution < 1.29 is 0 Å². The topological polar surface area (TPSA) is 12.0 Å². The molecule has 0 saturated heterocycles. The number of benzene rings is 3. The van der Waals surface area contributed by atoms with Crippen molar-refractivity contribution in [2.24, 2.45) is 0 Å². The molecular weight excluding hydrogens is 393 g/mol. The Morgan fingerprint density at radius 3 is 2.42 bits per heavy atom. The van der Waals surface area contributed by atoms with Crippen molar-refractivity contribution in [3.05, 3.63) is 119 Å². The van der Waals surface area contributed by atoms with Crippen LogP contribution in [-0.4, -0.2) is 13.3 Å². The number of hydrogen-bond acceptors (Lipinski definition) is 1. The Bertz CT molecular complexity index is 1030. The van der Waals surface area contributed by atoms with E-state index in [1.54, 1.807) is 0 Å². The van der Waals surface area contributed by atoms with Gasteiger partial charge in [0.1, 0.15) is 0 Å². The molecule has 31 heavy (non-hydrogen) atoms. The highest BCUT2D eigenvalue weighted by molar-refractivity contribution is 7.56. The van der Waals surface area contributed by atoms with Crippen molar-refractivity contribution in [3.63, 3.8) is 0 Å². The summed E-state index contributed by atoms with van der Waals surface area (Å²) in [4.78, 5) is 0. The molecule has 0 spiro atoms. The van der Waals surface area contributed by atoms with E-state index in [9.17, 15) is 0 Å². The largest absolute Gasteiger partial charge is 0.302 e. The Morgan fingerprint density at radius 2 is 1.65 bits per heavy atom. The highest BCUT2D eigenvalue weighted by Crippen LogP contribution is 2.42. The fourth-order valence-electron chi connectivity index (χ4n) is 3.64. The third-order valence-corrected chi connectivity index (χ3v) is 6.72. The molecule has 0 aliphatic heterocycles. The summed E-state index contributed by atoms with van der Waals surface area (Å²) in [6.45, 7) is 9.40. The average molecular weight is 426 g/mol. The summed E-state index contributed by atoms with van der Waals surface area (Å²) < 4.78 is 0. The molecule has 1 nitrogen and oxygen atoms in total. The number of rotatable bonds is 9. The number of hydrogen-bond donors (Lipinski definition) is 1. The molecule has 158 valence electrons. The Morgan fingerprint density at radius 1 is 0.903 bits per heavy atom. The molecule has 0 saturated carbocycles. The van der Waals surface area contributed by atoms with Crippen molar-refractivity contribution in [1.82, 2.24) is 5.32 Å². The van der Waals surface area contributed by atoms with Gasteiger partial charge in [-0.3, -0.25) is 0 Å². The summed E-state index contributed by atoms with van der Waals surface area (Å²) in [5, 5.41) is 3.78. The van der Waals surface area contributed by atoms with E-state index in [1.807, 2.05) is 6.08 Å². The fraction of sp³-hybridized carbons (Fsp3) is 0.241. The molecule has 0 amide bonds. The lowest BCUT2D eigenvalue weighted by molar-refractivity contribution is 0.670. The van der Waals surface area contributed by atoms with Crippen LogP contribution in [0.2, 0.25) is 0 Å². The smallest absolute Gasteiger partial charge is 0.0519 e. The Kier molecular flexibility index (Phi) is 9.11. The van der Waals surface area contributed by atoms with Crippen LogP contribution in [0.3, 0.4) is 0 Å². The van der Waals surface area contributed by atoms with Crippen LogP contribution in [-0.2, 0) is 19.4 Å². The zero-order chi connectivity index (χ0) is 21.9. The molecule has 0 heterocycles. The number of aryl methyl sites for hydroxylation is 1. The second-order valence-corrected chi connectivity index (χ2v) is 10.4. The van der Waals surface area contributed by atoms with E-state index in [4.69, 9.17) is 0 Å². The van der Waals surface area contributed by atoms with Gasteiger partial charge in [-0.1, -0.05) is 92.6 Å². The van der Waals surface area contributed by atoms with E-state index in [0.29, 0.717) is 5.78 Å². The van der Waals surface area contributed by atoms with E-state index < -0.39 is 0 Å². The van der Waals surface area contributed by atoms with E-state index >= 15 is 0 Å². The molecular formula is C29H32NP. The highest BCUT2D eigenvalue weighted by atomic mass is 31.1. The number of nitrogens with one attached hydrogen (secondary N) is 1. The quantitative estimate of drug-likeness (QED) is 0.223. The van der Waals surface area contributed by atoms with E-state index in [0.717, 1.165) is 31.4 Å². The molecule has 0 aliphatic carbocycles. The molecule has 3 rings (SSSR count). The zero-order valence-electron chi connectivity index (χ0n) is 18.6. The van der Waals surface area contributed by atoms with Crippen molar-refractivity contribution in [3.8, 4) is 11.8 Å². The van der Waals surface area contributed by atoms with Crippen LogP contribution >= 0.6 is 7.92 Å². The van der Waals surface area contributed by atoms with Crippen molar-refractivity contribution in [1.29, 1.82) is 0 Å². The van der Waals surface area contributed by atoms with Gasteiger partial charge >= 0.3 is 0 Å². The Labute approximate surface area is 189 Å². The lowest BCUT2D eigenvalue weighted by Gasteiger charge is -2.24. The van der Waals surface area contributed by atoms with Gasteiger partial charge < -0.3 is 5.32 Å². The van der Waals surface area contributed by atoms with Gasteiger partial charge in [0.05, 0.1) is 5.78 Å². The van der Waals surface area contributed by atoms with Crippen LogP contribution < -0.4 is 5.32 Å². The fourth-order valence-corrected chi connectivity index (χ4v) is 4.86. The molecule has 0 aliphatic rings. The first-order valence-electron chi connectivity index (χ1n) is 10.9. The normalized spacial score (nSPS) is 11.6. The van der Waals surface area contributed by atoms with Crippen LogP contribution in [0, 0.1) is 11.8 Å². The highest BCUT2D eigenvalue weighted by Gasteiger charge is 2.15. The second kappa shape index (κ2) is 12.3. The lowest BCUT2D eigenvalue weighted by atomic mass is 10.1. The van der Waals surface area contributed by atoms with Crippen LogP contribution in [0.5, 0.6) is 0 Å². The molecule has 0 bridgehead atoms. The zero-order valence-corrected chi connectivity index (χ0v) is 19.5. The Hall–Kier alpha value is -2.65. The summed E-state index contributed by atoms with van der Waals surface area (Å²) in [6, 6.07) is 28.1. The monoisotopic (exact) mass is 425 g/mol. The predicted molar refractivity (Wildman–Crippen MR) is 137 cm³/mol. The summed E-state index contributed by atoms with van der Waals surface area (Å²) >= 11 is 0. The van der Waals surface area contributed by atoms with Gasteiger partial charge in [0.25, 0.3) is 0 Å². The maximum Gasteiger partial charge on any atom is 0.0519 e. The minimum Gasteiger partial charge on any atom is -0.302 e. The summed E-state index contributed by atoms with van der Waals surface area (Å²) in [7, 11) is -0.148.